The van der Waals surface area contributed by atoms with Crippen molar-refractivity contribution in [1.29, 1.82) is 0 Å². The Morgan fingerprint density at radius 3 is 2.21 bits per heavy atom. The standard InChI is InChI=1S/C49H37NS2/c1-2-13-35-26-29-41-40-19-8-10-22-44(40)51-48(41)47(35)50(36-27-24-34(25-28-36)38-21-12-17-32-16-6-7-18-37(32)38)43-31-30-39(33-14-4-3-5-15-33)46-42-20-9-11-23-45(42)52-49(43)46/h3-12,14-31,41,48H,2,13H2,1H3. The highest BCUT2D eigenvalue weighted by molar-refractivity contribution is 8.00. The summed E-state index contributed by atoms with van der Waals surface area (Å²) >= 11 is 3.96. The van der Waals surface area contributed by atoms with E-state index in [2.05, 4.69) is 182 Å². The number of hydrogen-bond donors (Lipinski definition) is 0. The molecule has 1 aliphatic carbocycles. The number of hydrogen-bond acceptors (Lipinski definition) is 3. The van der Waals surface area contributed by atoms with Crippen LogP contribution in [0.3, 0.4) is 0 Å². The van der Waals surface area contributed by atoms with E-state index in [1.165, 1.54) is 86.3 Å². The summed E-state index contributed by atoms with van der Waals surface area (Å²) in [5.41, 5.74) is 11.8. The zero-order chi connectivity index (χ0) is 34.6. The first-order valence-corrected chi connectivity index (χ1v) is 20.0. The van der Waals surface area contributed by atoms with Crippen LogP contribution in [0.5, 0.6) is 0 Å². The maximum Gasteiger partial charge on any atom is 0.0638 e. The van der Waals surface area contributed by atoms with E-state index in [-0.39, 0.29) is 5.25 Å². The maximum atomic E-state index is 2.64. The van der Waals surface area contributed by atoms with E-state index in [4.69, 9.17) is 0 Å². The van der Waals surface area contributed by atoms with Crippen molar-refractivity contribution in [2.45, 2.75) is 35.8 Å². The van der Waals surface area contributed by atoms with Crippen LogP contribution in [0.15, 0.2) is 186 Å². The molecule has 10 rings (SSSR count). The van der Waals surface area contributed by atoms with Crippen molar-refractivity contribution >= 4 is 65.4 Å². The molecule has 250 valence electrons. The lowest BCUT2D eigenvalue weighted by Crippen LogP contribution is -2.30. The third kappa shape index (κ3) is 5.14. The van der Waals surface area contributed by atoms with E-state index >= 15 is 0 Å². The molecule has 0 saturated carbocycles. The van der Waals surface area contributed by atoms with Gasteiger partial charge in [0.1, 0.15) is 0 Å². The number of nitrogens with zero attached hydrogens (tertiary/aromatic N) is 1. The van der Waals surface area contributed by atoms with Gasteiger partial charge in [-0.3, -0.25) is 0 Å². The molecule has 2 atom stereocenters. The number of thioether (sulfide) groups is 1. The van der Waals surface area contributed by atoms with Crippen molar-refractivity contribution in [2.24, 2.45) is 0 Å². The molecule has 1 aromatic heterocycles. The maximum absolute atomic E-state index is 2.64. The van der Waals surface area contributed by atoms with Crippen LogP contribution in [0.2, 0.25) is 0 Å². The summed E-state index contributed by atoms with van der Waals surface area (Å²) in [6.45, 7) is 2.31. The first-order valence-electron chi connectivity index (χ1n) is 18.3. The van der Waals surface area contributed by atoms with Gasteiger partial charge in [-0.2, -0.15) is 0 Å². The van der Waals surface area contributed by atoms with E-state index in [9.17, 15) is 0 Å². The highest BCUT2D eigenvalue weighted by atomic mass is 32.2. The molecule has 0 spiro atoms. The fraction of sp³-hybridized carbons (Fsp3) is 0.102. The van der Waals surface area contributed by atoms with Crippen LogP contribution < -0.4 is 4.90 Å². The molecule has 0 saturated heterocycles. The summed E-state index contributed by atoms with van der Waals surface area (Å²) in [5, 5.41) is 5.49. The molecule has 2 heterocycles. The molecule has 0 amide bonds. The number of thiophene rings is 1. The van der Waals surface area contributed by atoms with Crippen LogP contribution in [0.4, 0.5) is 11.4 Å². The van der Waals surface area contributed by atoms with Crippen molar-refractivity contribution in [1.82, 2.24) is 0 Å². The van der Waals surface area contributed by atoms with Crippen LogP contribution in [0, 0.1) is 0 Å². The van der Waals surface area contributed by atoms with Crippen LogP contribution in [-0.2, 0) is 0 Å². The van der Waals surface area contributed by atoms with Gasteiger partial charge in [0.25, 0.3) is 0 Å². The largest absolute Gasteiger partial charge is 0.311 e. The monoisotopic (exact) mass is 703 g/mol. The summed E-state index contributed by atoms with van der Waals surface area (Å²) in [6, 6.07) is 58.4. The molecule has 1 aliphatic heterocycles. The Morgan fingerprint density at radius 2 is 1.35 bits per heavy atom. The quantitative estimate of drug-likeness (QED) is 0.163. The molecular weight excluding hydrogens is 667 g/mol. The number of rotatable bonds is 7. The van der Waals surface area contributed by atoms with Crippen molar-refractivity contribution in [3.8, 4) is 22.3 Å². The van der Waals surface area contributed by atoms with Gasteiger partial charge in [-0.15, -0.1) is 23.1 Å². The van der Waals surface area contributed by atoms with Gasteiger partial charge in [-0.05, 0) is 80.9 Å². The molecule has 0 N–H and O–H groups in total. The Balaban J connectivity index is 1.22. The zero-order valence-electron chi connectivity index (χ0n) is 29.0. The lowest BCUT2D eigenvalue weighted by molar-refractivity contribution is 0.785. The molecule has 0 fully saturated rings. The van der Waals surface area contributed by atoms with Gasteiger partial charge in [0.05, 0.1) is 15.6 Å². The summed E-state index contributed by atoms with van der Waals surface area (Å²) in [6.07, 6.45) is 7.05. The number of anilines is 2. The molecular formula is C49H37NS2. The molecule has 0 radical (unpaired) electrons. The molecule has 8 aromatic rings. The van der Waals surface area contributed by atoms with E-state index < -0.39 is 0 Å². The number of allylic oxidation sites excluding steroid dienone is 3. The van der Waals surface area contributed by atoms with Gasteiger partial charge in [0.15, 0.2) is 0 Å². The number of benzene rings is 7. The van der Waals surface area contributed by atoms with Crippen LogP contribution >= 0.6 is 23.1 Å². The first-order chi connectivity index (χ1) is 25.8. The minimum atomic E-state index is 0.278. The lowest BCUT2D eigenvalue weighted by atomic mass is 9.85. The van der Waals surface area contributed by atoms with Crippen molar-refractivity contribution in [3.63, 3.8) is 0 Å². The van der Waals surface area contributed by atoms with Gasteiger partial charge >= 0.3 is 0 Å². The second kappa shape index (κ2) is 13.0. The normalized spacial score (nSPS) is 16.5. The fourth-order valence-corrected chi connectivity index (χ4v) is 11.2. The van der Waals surface area contributed by atoms with E-state index in [1.807, 2.05) is 23.1 Å². The average molecular weight is 704 g/mol. The fourth-order valence-electron chi connectivity index (χ4n) is 8.43. The molecule has 3 heteroatoms. The summed E-state index contributed by atoms with van der Waals surface area (Å²) in [7, 11) is 0. The smallest absolute Gasteiger partial charge is 0.0638 e. The zero-order valence-corrected chi connectivity index (χ0v) is 30.6. The Morgan fingerprint density at radius 1 is 0.615 bits per heavy atom. The van der Waals surface area contributed by atoms with Gasteiger partial charge in [-0.25, -0.2) is 0 Å². The number of fused-ring (bicyclic) bond motifs is 7. The van der Waals surface area contributed by atoms with Gasteiger partial charge < -0.3 is 4.90 Å². The molecule has 1 nitrogen and oxygen atoms in total. The van der Waals surface area contributed by atoms with Crippen molar-refractivity contribution in [3.05, 3.63) is 187 Å². The van der Waals surface area contributed by atoms with Crippen LogP contribution in [0.25, 0.3) is 53.2 Å². The third-order valence-corrected chi connectivity index (χ3v) is 13.4. The molecule has 52 heavy (non-hydrogen) atoms. The Kier molecular flexibility index (Phi) is 7.85. The predicted octanol–water partition coefficient (Wildman–Crippen LogP) is 14.6. The molecule has 7 aromatic carbocycles. The Hall–Kier alpha value is -5.35. The Labute approximate surface area is 313 Å². The lowest BCUT2D eigenvalue weighted by Gasteiger charge is -2.37. The minimum Gasteiger partial charge on any atom is -0.311 e. The summed E-state index contributed by atoms with van der Waals surface area (Å²) in [4.78, 5) is 4.04. The third-order valence-electron chi connectivity index (χ3n) is 10.8. The van der Waals surface area contributed by atoms with Gasteiger partial charge in [-0.1, -0.05) is 153 Å². The van der Waals surface area contributed by atoms with E-state index in [1.54, 1.807) is 0 Å². The minimum absolute atomic E-state index is 0.278. The van der Waals surface area contributed by atoms with Gasteiger partial charge in [0, 0.05) is 37.7 Å². The SMILES string of the molecule is CCCC1=C(N(c2ccc(-c3cccc4ccccc34)cc2)c2ccc(-c3ccccc3)c3c2sc2ccccc23)C2Sc3ccccc3C2C=C1. The van der Waals surface area contributed by atoms with Crippen molar-refractivity contribution < 1.29 is 0 Å². The summed E-state index contributed by atoms with van der Waals surface area (Å²) in [5.74, 6) is 0.329. The summed E-state index contributed by atoms with van der Waals surface area (Å²) < 4.78 is 2.65. The highest BCUT2D eigenvalue weighted by Gasteiger charge is 2.40. The van der Waals surface area contributed by atoms with Gasteiger partial charge in [0.2, 0.25) is 0 Å². The highest BCUT2D eigenvalue weighted by Crippen LogP contribution is 2.56. The van der Waals surface area contributed by atoms with Crippen LogP contribution in [0.1, 0.15) is 31.2 Å². The van der Waals surface area contributed by atoms with Crippen LogP contribution in [-0.4, -0.2) is 5.25 Å². The molecule has 2 aliphatic rings. The van der Waals surface area contributed by atoms with E-state index in [0.717, 1.165) is 12.8 Å². The topological polar surface area (TPSA) is 3.24 Å². The second-order valence-electron chi connectivity index (χ2n) is 13.8. The first kappa shape index (κ1) is 31.4. The molecule has 2 unspecified atom stereocenters. The van der Waals surface area contributed by atoms with Crippen molar-refractivity contribution in [2.75, 3.05) is 4.90 Å². The average Bonchev–Trinajstić information content (AvgIpc) is 3.79. The molecule has 0 bridgehead atoms. The van der Waals surface area contributed by atoms with E-state index in [0.29, 0.717) is 5.92 Å². The Bertz CT molecular complexity index is 2680. The second-order valence-corrected chi connectivity index (χ2v) is 16.1. The predicted molar refractivity (Wildman–Crippen MR) is 226 cm³/mol.